The summed E-state index contributed by atoms with van der Waals surface area (Å²) in [5, 5.41) is 6.95. The fourth-order valence-electron chi connectivity index (χ4n) is 3.49. The van der Waals surface area contributed by atoms with Crippen LogP contribution in [0.4, 0.5) is 5.95 Å². The molecule has 1 aromatic carbocycles. The van der Waals surface area contributed by atoms with Crippen LogP contribution >= 0.6 is 11.6 Å². The van der Waals surface area contributed by atoms with Crippen molar-refractivity contribution >= 4 is 34.4 Å². The van der Waals surface area contributed by atoms with Crippen molar-refractivity contribution in [2.24, 2.45) is 12.1 Å². The number of imidazole rings is 1. The van der Waals surface area contributed by atoms with Crippen LogP contribution in [-0.2, 0) is 20.1 Å². The minimum absolute atomic E-state index is 0.172. The van der Waals surface area contributed by atoms with Crippen molar-refractivity contribution in [1.82, 2.24) is 18.7 Å². The van der Waals surface area contributed by atoms with E-state index >= 15 is 0 Å². The lowest BCUT2D eigenvalue weighted by atomic mass is 10.2. The summed E-state index contributed by atoms with van der Waals surface area (Å²) in [6.45, 7) is 5.31. The molecule has 0 bridgehead atoms. The van der Waals surface area contributed by atoms with E-state index in [9.17, 15) is 9.59 Å². The summed E-state index contributed by atoms with van der Waals surface area (Å²) >= 11 is 5.94. The van der Waals surface area contributed by atoms with Crippen LogP contribution in [0.25, 0.3) is 11.2 Å². The van der Waals surface area contributed by atoms with Crippen LogP contribution < -0.4 is 16.3 Å². The maximum absolute atomic E-state index is 13.3. The Hall–Kier alpha value is -2.87. The molecule has 0 spiro atoms. The number of hydrazone groups is 1. The van der Waals surface area contributed by atoms with Gasteiger partial charge in [-0.15, -0.1) is 0 Å². The lowest BCUT2D eigenvalue weighted by Crippen LogP contribution is -2.40. The Morgan fingerprint density at radius 2 is 1.89 bits per heavy atom. The lowest BCUT2D eigenvalue weighted by Gasteiger charge is -2.24. The summed E-state index contributed by atoms with van der Waals surface area (Å²) in [4.78, 5) is 30.7. The first-order valence-corrected chi connectivity index (χ1v) is 9.54. The third-order valence-electron chi connectivity index (χ3n) is 4.81. The first-order chi connectivity index (χ1) is 13.4. The highest BCUT2D eigenvalue weighted by atomic mass is 35.5. The predicted molar refractivity (Wildman–Crippen MR) is 111 cm³/mol. The van der Waals surface area contributed by atoms with E-state index in [0.29, 0.717) is 35.2 Å². The zero-order valence-corrected chi connectivity index (χ0v) is 16.8. The Balaban J connectivity index is 1.93. The largest absolute Gasteiger partial charge is 0.332 e. The number of rotatable bonds is 4. The van der Waals surface area contributed by atoms with Crippen molar-refractivity contribution in [1.29, 1.82) is 0 Å². The van der Waals surface area contributed by atoms with Crippen molar-refractivity contribution in [3.63, 3.8) is 0 Å². The van der Waals surface area contributed by atoms with Gasteiger partial charge in [0.05, 0.1) is 18.8 Å². The molecule has 3 aromatic rings. The maximum Gasteiger partial charge on any atom is 0.332 e. The minimum Gasteiger partial charge on any atom is -0.297 e. The lowest BCUT2D eigenvalue weighted by molar-refractivity contribution is 0.653. The number of fused-ring (bicyclic) bond motifs is 3. The van der Waals surface area contributed by atoms with Gasteiger partial charge in [0.25, 0.3) is 5.56 Å². The van der Waals surface area contributed by atoms with Gasteiger partial charge >= 0.3 is 5.69 Å². The fraction of sp³-hybridized carbons (Fsp3) is 0.368. The summed E-state index contributed by atoms with van der Waals surface area (Å²) < 4.78 is 4.52. The van der Waals surface area contributed by atoms with Gasteiger partial charge in [-0.3, -0.25) is 18.5 Å². The van der Waals surface area contributed by atoms with Crippen molar-refractivity contribution in [3.05, 3.63) is 55.7 Å². The summed E-state index contributed by atoms with van der Waals surface area (Å²) in [5.41, 5.74) is 1.76. The molecule has 0 aliphatic carbocycles. The van der Waals surface area contributed by atoms with Crippen LogP contribution in [0.1, 0.15) is 25.8 Å². The van der Waals surface area contributed by atoms with Crippen molar-refractivity contribution in [2.75, 3.05) is 11.6 Å². The van der Waals surface area contributed by atoms with Gasteiger partial charge in [-0.2, -0.15) is 10.1 Å². The van der Waals surface area contributed by atoms with Crippen molar-refractivity contribution < 1.29 is 0 Å². The number of aryl methyl sites for hydroxylation is 1. The molecular formula is C19H21ClN6O2. The molecule has 0 amide bonds. The van der Waals surface area contributed by atoms with Gasteiger partial charge in [0.1, 0.15) is 0 Å². The summed E-state index contributed by atoms with van der Waals surface area (Å²) in [6, 6.07) is 7.11. The number of hydrogen-bond donors (Lipinski definition) is 0. The summed E-state index contributed by atoms with van der Waals surface area (Å²) in [7, 11) is 1.64. The number of nitrogens with zero attached hydrogens (tertiary/aromatic N) is 6. The second-order valence-corrected chi connectivity index (χ2v) is 7.42. The second-order valence-electron chi connectivity index (χ2n) is 6.99. The minimum atomic E-state index is -0.400. The number of hydrogen-bond acceptors (Lipinski definition) is 5. The zero-order chi connectivity index (χ0) is 20.0. The molecule has 0 saturated carbocycles. The molecule has 0 radical (unpaired) electrons. The van der Waals surface area contributed by atoms with Gasteiger partial charge in [0, 0.05) is 18.6 Å². The number of benzene rings is 1. The SMILES string of the molecule is CCCN1N=C(C)Cn2c1nc1c2c(=O)n(Cc2ccc(Cl)cc2)c(=O)n1C. The highest BCUT2D eigenvalue weighted by Crippen LogP contribution is 2.23. The molecular weight excluding hydrogens is 380 g/mol. The van der Waals surface area contributed by atoms with Gasteiger partial charge in [-0.25, -0.2) is 9.80 Å². The molecule has 28 heavy (non-hydrogen) atoms. The Kier molecular flexibility index (Phi) is 4.58. The molecule has 0 N–H and O–H groups in total. The summed E-state index contributed by atoms with van der Waals surface area (Å²) in [5.74, 6) is 0.596. The van der Waals surface area contributed by atoms with Gasteiger partial charge in [0.2, 0.25) is 5.95 Å². The molecule has 0 saturated heterocycles. The quantitative estimate of drug-likeness (QED) is 0.672. The van der Waals surface area contributed by atoms with Crippen LogP contribution in [0.2, 0.25) is 5.02 Å². The predicted octanol–water partition coefficient (Wildman–Crippen LogP) is 2.20. The first kappa shape index (κ1) is 18.5. The molecule has 0 fully saturated rings. The van der Waals surface area contributed by atoms with E-state index in [4.69, 9.17) is 11.6 Å². The van der Waals surface area contributed by atoms with Crippen molar-refractivity contribution in [3.8, 4) is 0 Å². The monoisotopic (exact) mass is 400 g/mol. The van der Waals surface area contributed by atoms with E-state index in [-0.39, 0.29) is 12.1 Å². The summed E-state index contributed by atoms with van der Waals surface area (Å²) in [6.07, 6.45) is 0.889. The third-order valence-corrected chi connectivity index (χ3v) is 5.06. The van der Waals surface area contributed by atoms with E-state index in [2.05, 4.69) is 17.0 Å². The molecule has 9 heteroatoms. The average Bonchev–Trinajstić information content (AvgIpc) is 3.05. The molecule has 0 atom stereocenters. The first-order valence-electron chi connectivity index (χ1n) is 9.16. The molecule has 3 heterocycles. The van der Waals surface area contributed by atoms with E-state index in [1.54, 1.807) is 24.2 Å². The van der Waals surface area contributed by atoms with Gasteiger partial charge < -0.3 is 0 Å². The van der Waals surface area contributed by atoms with Gasteiger partial charge in [-0.1, -0.05) is 30.7 Å². The molecule has 2 aromatic heterocycles. The molecule has 1 aliphatic rings. The van der Waals surface area contributed by atoms with E-state index in [1.807, 2.05) is 23.6 Å². The smallest absolute Gasteiger partial charge is 0.297 e. The second kappa shape index (κ2) is 6.94. The van der Waals surface area contributed by atoms with Crippen molar-refractivity contribution in [2.45, 2.75) is 33.4 Å². The number of halogens is 1. The Bertz CT molecular complexity index is 1200. The van der Waals surface area contributed by atoms with Gasteiger partial charge in [-0.05, 0) is 31.0 Å². The molecule has 4 rings (SSSR count). The third kappa shape index (κ3) is 2.93. The Morgan fingerprint density at radius 3 is 2.57 bits per heavy atom. The van der Waals surface area contributed by atoms with Crippen LogP contribution in [0.15, 0.2) is 39.0 Å². The van der Waals surface area contributed by atoms with Crippen LogP contribution in [0.3, 0.4) is 0 Å². The highest BCUT2D eigenvalue weighted by Gasteiger charge is 2.26. The molecule has 8 nitrogen and oxygen atoms in total. The average molecular weight is 401 g/mol. The maximum atomic E-state index is 13.3. The zero-order valence-electron chi connectivity index (χ0n) is 16.0. The van der Waals surface area contributed by atoms with Crippen LogP contribution in [0, 0.1) is 0 Å². The van der Waals surface area contributed by atoms with Crippen LogP contribution in [0.5, 0.6) is 0 Å². The molecule has 146 valence electrons. The van der Waals surface area contributed by atoms with Gasteiger partial charge in [0.15, 0.2) is 11.2 Å². The topological polar surface area (TPSA) is 77.4 Å². The number of aromatic nitrogens is 4. The normalized spacial score (nSPS) is 13.7. The Labute approximate surface area is 166 Å². The van der Waals surface area contributed by atoms with E-state index in [0.717, 1.165) is 17.7 Å². The Morgan fingerprint density at radius 1 is 1.18 bits per heavy atom. The van der Waals surface area contributed by atoms with E-state index < -0.39 is 5.69 Å². The standard InChI is InChI=1S/C19H21ClN6O2/c1-4-9-26-18-21-16-15(24(18)10-12(2)22-26)17(27)25(19(28)23(16)3)11-13-5-7-14(20)8-6-13/h5-8H,4,9-11H2,1-3H3. The van der Waals surface area contributed by atoms with Crippen LogP contribution in [-0.4, -0.2) is 30.9 Å². The number of anilines is 1. The molecule has 0 unspecified atom stereocenters. The van der Waals surface area contributed by atoms with E-state index in [1.165, 1.54) is 9.13 Å². The fourth-order valence-corrected chi connectivity index (χ4v) is 3.62. The highest BCUT2D eigenvalue weighted by molar-refractivity contribution is 6.30. The molecule has 1 aliphatic heterocycles.